The van der Waals surface area contributed by atoms with Crippen LogP contribution >= 0.6 is 11.3 Å². The summed E-state index contributed by atoms with van der Waals surface area (Å²) in [6.07, 6.45) is 0.632. The number of rotatable bonds is 6. The fourth-order valence-corrected chi connectivity index (χ4v) is 4.58. The fraction of sp³-hybridized carbons (Fsp3) is 0.333. The molecule has 3 rings (SSSR count). The summed E-state index contributed by atoms with van der Waals surface area (Å²) in [7, 11) is 4.66. The highest BCUT2D eigenvalue weighted by Crippen LogP contribution is 2.38. The monoisotopic (exact) mass is 420 g/mol. The van der Waals surface area contributed by atoms with Crippen LogP contribution in [0, 0.1) is 10.1 Å². The molecule has 0 unspecified atom stereocenters. The van der Waals surface area contributed by atoms with Crippen LogP contribution in [-0.4, -0.2) is 49.4 Å². The maximum Gasteiger partial charge on any atom is 0.286 e. The van der Waals surface area contributed by atoms with E-state index in [1.165, 1.54) is 31.6 Å². The topological polar surface area (TPSA) is 137 Å². The highest BCUT2D eigenvalue weighted by atomic mass is 32.1. The average molecular weight is 420 g/mol. The first-order valence-electron chi connectivity index (χ1n) is 8.61. The third-order valence-electron chi connectivity index (χ3n) is 4.66. The number of methoxy groups -OCH3 is 2. The molecule has 3 N–H and O–H groups in total. The molecule has 0 aliphatic carbocycles. The third-order valence-corrected chi connectivity index (χ3v) is 5.80. The van der Waals surface area contributed by atoms with Crippen molar-refractivity contribution in [2.75, 3.05) is 33.1 Å². The lowest BCUT2D eigenvalue weighted by Crippen LogP contribution is -2.27. The standard InChI is InChI=1S/C18H20N4O6S/c1-21-5-4-9-14(8-21)29-18(15(9)16(19)23)20-17(24)10-6-12(27-2)13(28-3)7-11(10)22(25)26/h6-7H,4-5,8H2,1-3H3,(H2,19,23)(H,20,24). The number of ether oxygens (including phenoxy) is 2. The Balaban J connectivity index is 2.03. The van der Waals surface area contributed by atoms with E-state index in [4.69, 9.17) is 15.2 Å². The summed E-state index contributed by atoms with van der Waals surface area (Å²) in [5, 5.41) is 14.4. The number of amides is 2. The predicted molar refractivity (Wildman–Crippen MR) is 107 cm³/mol. The second kappa shape index (κ2) is 8.05. The molecule has 0 saturated carbocycles. The van der Waals surface area contributed by atoms with E-state index in [2.05, 4.69) is 10.2 Å². The number of nitro groups is 1. The number of thiophene rings is 1. The number of primary amides is 1. The summed E-state index contributed by atoms with van der Waals surface area (Å²) in [5.74, 6) is -1.09. The number of nitrogens with two attached hydrogens (primary N) is 1. The Morgan fingerprint density at radius 1 is 1.28 bits per heavy atom. The van der Waals surface area contributed by atoms with Crippen LogP contribution in [0.25, 0.3) is 0 Å². The zero-order chi connectivity index (χ0) is 21.3. The maximum absolute atomic E-state index is 12.9. The average Bonchev–Trinajstić information content (AvgIpc) is 3.03. The number of carbonyl (C=O) groups is 2. The van der Waals surface area contributed by atoms with Crippen molar-refractivity contribution in [2.45, 2.75) is 13.0 Å². The Hall–Kier alpha value is -3.18. The Bertz CT molecular complexity index is 1000. The molecule has 1 aliphatic rings. The van der Waals surface area contributed by atoms with Crippen LogP contribution in [0.3, 0.4) is 0 Å². The van der Waals surface area contributed by atoms with Crippen molar-refractivity contribution in [1.29, 1.82) is 0 Å². The summed E-state index contributed by atoms with van der Waals surface area (Å²) < 4.78 is 10.2. The van der Waals surface area contributed by atoms with Crippen molar-refractivity contribution < 1.29 is 24.0 Å². The molecule has 11 heteroatoms. The molecule has 10 nitrogen and oxygen atoms in total. The number of nitrogens with zero attached hydrogens (tertiary/aromatic N) is 2. The van der Waals surface area contributed by atoms with Crippen LogP contribution in [0.1, 0.15) is 31.2 Å². The number of fused-ring (bicyclic) bond motifs is 1. The quantitative estimate of drug-likeness (QED) is 0.539. The largest absolute Gasteiger partial charge is 0.493 e. The SMILES string of the molecule is COc1cc(C(=O)Nc2sc3c(c2C(N)=O)CCN(C)C3)c([N+](=O)[O-])cc1OC. The second-order valence-electron chi connectivity index (χ2n) is 6.50. The first-order valence-corrected chi connectivity index (χ1v) is 9.43. The second-order valence-corrected chi connectivity index (χ2v) is 7.60. The summed E-state index contributed by atoms with van der Waals surface area (Å²) in [6, 6.07) is 2.36. The van der Waals surface area contributed by atoms with Gasteiger partial charge in [-0.05, 0) is 19.0 Å². The molecule has 154 valence electrons. The number of likely N-dealkylation sites (N-methyl/N-ethyl adjacent to an activating group) is 1. The molecule has 0 radical (unpaired) electrons. The Morgan fingerprint density at radius 2 is 1.93 bits per heavy atom. The summed E-state index contributed by atoms with van der Waals surface area (Å²) in [4.78, 5) is 38.7. The van der Waals surface area contributed by atoms with Crippen molar-refractivity contribution in [3.05, 3.63) is 43.8 Å². The zero-order valence-electron chi connectivity index (χ0n) is 16.1. The minimum atomic E-state index is -0.743. The highest BCUT2D eigenvalue weighted by Gasteiger charge is 2.29. The molecule has 2 amide bonds. The number of benzene rings is 1. The highest BCUT2D eigenvalue weighted by molar-refractivity contribution is 7.17. The molecule has 0 atom stereocenters. The molecule has 0 saturated heterocycles. The van der Waals surface area contributed by atoms with Gasteiger partial charge in [0.25, 0.3) is 17.5 Å². The maximum atomic E-state index is 12.9. The smallest absolute Gasteiger partial charge is 0.286 e. The van der Waals surface area contributed by atoms with E-state index >= 15 is 0 Å². The Kier molecular flexibility index (Phi) is 5.71. The van der Waals surface area contributed by atoms with Gasteiger partial charge in [-0.2, -0.15) is 0 Å². The van der Waals surface area contributed by atoms with Crippen molar-refractivity contribution in [3.63, 3.8) is 0 Å². The van der Waals surface area contributed by atoms with Gasteiger partial charge in [-0.25, -0.2) is 0 Å². The van der Waals surface area contributed by atoms with Crippen LogP contribution in [0.2, 0.25) is 0 Å². The normalized spacial score (nSPS) is 13.5. The lowest BCUT2D eigenvalue weighted by molar-refractivity contribution is -0.385. The van der Waals surface area contributed by atoms with Gasteiger partial charge in [0, 0.05) is 24.0 Å². The minimum Gasteiger partial charge on any atom is -0.493 e. The molecule has 0 spiro atoms. The number of nitrogens with one attached hydrogen (secondary N) is 1. The molecule has 2 heterocycles. The van der Waals surface area contributed by atoms with E-state index in [1.54, 1.807) is 0 Å². The molecule has 0 fully saturated rings. The number of hydrogen-bond acceptors (Lipinski definition) is 8. The molecule has 29 heavy (non-hydrogen) atoms. The van der Waals surface area contributed by atoms with E-state index < -0.39 is 22.4 Å². The number of carbonyl (C=O) groups excluding carboxylic acids is 2. The summed E-state index contributed by atoms with van der Waals surface area (Å²) in [6.45, 7) is 1.39. The Morgan fingerprint density at radius 3 is 2.52 bits per heavy atom. The summed E-state index contributed by atoms with van der Waals surface area (Å²) in [5.41, 5.74) is 5.97. The molecular formula is C18H20N4O6S. The fourth-order valence-electron chi connectivity index (χ4n) is 3.25. The number of nitro benzene ring substituents is 1. The first-order chi connectivity index (χ1) is 13.8. The van der Waals surface area contributed by atoms with Gasteiger partial charge in [-0.3, -0.25) is 19.7 Å². The van der Waals surface area contributed by atoms with Crippen molar-refractivity contribution in [3.8, 4) is 11.5 Å². The van der Waals surface area contributed by atoms with Crippen molar-refractivity contribution in [2.24, 2.45) is 5.73 Å². The van der Waals surface area contributed by atoms with Crippen LogP contribution in [0.5, 0.6) is 11.5 Å². The molecular weight excluding hydrogens is 400 g/mol. The predicted octanol–water partition coefficient (Wildman–Crippen LogP) is 2.01. The van der Waals surface area contributed by atoms with Gasteiger partial charge in [0.1, 0.15) is 10.6 Å². The van der Waals surface area contributed by atoms with Crippen molar-refractivity contribution in [1.82, 2.24) is 4.90 Å². The zero-order valence-corrected chi connectivity index (χ0v) is 16.9. The first kappa shape index (κ1) is 20.6. The van der Waals surface area contributed by atoms with Gasteiger partial charge in [0.05, 0.1) is 30.8 Å². The number of hydrogen-bond donors (Lipinski definition) is 2. The van der Waals surface area contributed by atoms with Crippen LogP contribution in [0.4, 0.5) is 10.7 Å². The van der Waals surface area contributed by atoms with Crippen LogP contribution in [-0.2, 0) is 13.0 Å². The van der Waals surface area contributed by atoms with E-state index in [1.807, 2.05) is 7.05 Å². The van der Waals surface area contributed by atoms with E-state index in [-0.39, 0.29) is 27.6 Å². The van der Waals surface area contributed by atoms with E-state index in [0.29, 0.717) is 13.0 Å². The van der Waals surface area contributed by atoms with Gasteiger partial charge < -0.3 is 25.4 Å². The molecule has 1 aromatic heterocycles. The molecule has 1 aromatic carbocycles. The minimum absolute atomic E-state index is 0.128. The van der Waals surface area contributed by atoms with Crippen molar-refractivity contribution >= 4 is 33.8 Å². The Labute approximate surface area is 170 Å². The van der Waals surface area contributed by atoms with Gasteiger partial charge >= 0.3 is 0 Å². The number of anilines is 1. The van der Waals surface area contributed by atoms with Crippen LogP contribution < -0.4 is 20.5 Å². The molecule has 1 aliphatic heterocycles. The van der Waals surface area contributed by atoms with Gasteiger partial charge in [0.15, 0.2) is 11.5 Å². The van der Waals surface area contributed by atoms with Crippen LogP contribution in [0.15, 0.2) is 12.1 Å². The summed E-state index contributed by atoms with van der Waals surface area (Å²) >= 11 is 1.25. The lowest BCUT2D eigenvalue weighted by atomic mass is 10.0. The third kappa shape index (κ3) is 3.87. The lowest BCUT2D eigenvalue weighted by Gasteiger charge is -2.22. The van der Waals surface area contributed by atoms with Gasteiger partial charge in [-0.1, -0.05) is 0 Å². The van der Waals surface area contributed by atoms with Gasteiger partial charge in [-0.15, -0.1) is 11.3 Å². The molecule has 0 bridgehead atoms. The van der Waals surface area contributed by atoms with Gasteiger partial charge in [0.2, 0.25) is 0 Å². The van der Waals surface area contributed by atoms with E-state index in [9.17, 15) is 19.7 Å². The van der Waals surface area contributed by atoms with E-state index in [0.717, 1.165) is 23.1 Å². The molecule has 2 aromatic rings.